The first-order chi connectivity index (χ1) is 17.5. The minimum Gasteiger partial charge on any atom is -0.479 e. The van der Waals surface area contributed by atoms with Crippen LogP contribution < -0.4 is 0 Å². The van der Waals surface area contributed by atoms with Gasteiger partial charge in [0.15, 0.2) is 12.2 Å². The van der Waals surface area contributed by atoms with Crippen molar-refractivity contribution >= 4 is 29.5 Å². The number of esters is 1. The molecule has 2 atom stereocenters. The molecule has 0 radical (unpaired) electrons. The van der Waals surface area contributed by atoms with Crippen LogP contribution in [0.1, 0.15) is 48.3 Å². The van der Waals surface area contributed by atoms with Crippen molar-refractivity contribution < 1.29 is 39.5 Å². The molecule has 3 rings (SSSR count). The summed E-state index contributed by atoms with van der Waals surface area (Å²) >= 11 is 5.88. The zero-order valence-electron chi connectivity index (χ0n) is 20.9. The van der Waals surface area contributed by atoms with Gasteiger partial charge in [-0.2, -0.15) is 0 Å². The molecule has 1 saturated carbocycles. The molecule has 0 spiro atoms. The fourth-order valence-electron chi connectivity index (χ4n) is 4.04. The van der Waals surface area contributed by atoms with Gasteiger partial charge in [-0.3, -0.25) is 4.79 Å². The lowest BCUT2D eigenvalue weighted by atomic mass is 9.82. The van der Waals surface area contributed by atoms with Crippen LogP contribution >= 0.6 is 11.6 Å². The van der Waals surface area contributed by atoms with E-state index in [1.165, 1.54) is 11.1 Å². The minimum atomic E-state index is -2.27. The molecule has 0 saturated heterocycles. The van der Waals surface area contributed by atoms with E-state index < -0.39 is 24.1 Å². The maximum atomic E-state index is 12.2. The number of hydrogen-bond donors (Lipinski definition) is 4. The summed E-state index contributed by atoms with van der Waals surface area (Å²) < 4.78 is 5.70. The lowest BCUT2D eigenvalue weighted by Gasteiger charge is -2.28. The Balaban J connectivity index is 0.000000410. The molecular weight excluding hydrogens is 502 g/mol. The molecule has 2 aromatic rings. The van der Waals surface area contributed by atoms with Crippen molar-refractivity contribution in [3.05, 3.63) is 70.2 Å². The summed E-state index contributed by atoms with van der Waals surface area (Å²) in [5.41, 5.74) is 3.69. The van der Waals surface area contributed by atoms with Crippen LogP contribution in [-0.4, -0.2) is 75.6 Å². The molecule has 2 aromatic carbocycles. The zero-order chi connectivity index (χ0) is 27.5. The average Bonchev–Trinajstić information content (AvgIpc) is 2.85. The number of aliphatic hydroxyl groups excluding tert-OH is 2. The second-order valence-corrected chi connectivity index (χ2v) is 9.75. The Morgan fingerprint density at radius 1 is 0.865 bits per heavy atom. The Morgan fingerprint density at radius 3 is 1.81 bits per heavy atom. The molecule has 37 heavy (non-hydrogen) atoms. The molecule has 0 aromatic heterocycles. The largest absolute Gasteiger partial charge is 0.479 e. The summed E-state index contributed by atoms with van der Waals surface area (Å²) in [6.45, 7) is 0.969. The highest BCUT2D eigenvalue weighted by molar-refractivity contribution is 6.30. The molecule has 9 nitrogen and oxygen atoms in total. The van der Waals surface area contributed by atoms with Crippen molar-refractivity contribution in [2.24, 2.45) is 0 Å². The van der Waals surface area contributed by atoms with E-state index in [4.69, 9.17) is 36.8 Å². The standard InChI is InChI=1S/C23H28ClNO2.C4H6O6/c1-25(2)16-18-3-7-19(8-4-18)20-9-13-22(14-10-20)27-23(26)15-17-5-11-21(24)12-6-17;5-1(3(7)8)2(6)4(9)10/h3-8,11-12,20,22H,9-10,13-16H2,1-2H3;1-2,5-6H,(H,7,8)(H,9,10)/t20-,22-;. The van der Waals surface area contributed by atoms with Crippen molar-refractivity contribution in [1.29, 1.82) is 0 Å². The maximum Gasteiger partial charge on any atom is 0.335 e. The highest BCUT2D eigenvalue weighted by atomic mass is 35.5. The highest BCUT2D eigenvalue weighted by Crippen LogP contribution is 2.34. The van der Waals surface area contributed by atoms with Crippen molar-refractivity contribution in [2.45, 2.75) is 62.9 Å². The molecule has 4 N–H and O–H groups in total. The summed E-state index contributed by atoms with van der Waals surface area (Å²) in [5, 5.41) is 33.2. The van der Waals surface area contributed by atoms with Gasteiger partial charge in [-0.25, -0.2) is 9.59 Å². The number of carboxylic acid groups (broad SMARTS) is 2. The number of aliphatic hydroxyl groups is 2. The first-order valence-corrected chi connectivity index (χ1v) is 12.3. The molecule has 0 amide bonds. The fourth-order valence-corrected chi connectivity index (χ4v) is 4.17. The smallest absolute Gasteiger partial charge is 0.335 e. The SMILES string of the molecule is CN(C)Cc1ccc([C@H]2CC[C@H](OC(=O)Cc3ccc(Cl)cc3)CC2)cc1.O=C(O)C(O)C(O)C(=O)O. The number of aliphatic carboxylic acids is 2. The van der Waals surface area contributed by atoms with E-state index in [1.807, 2.05) is 12.1 Å². The first-order valence-electron chi connectivity index (χ1n) is 12.0. The Morgan fingerprint density at radius 2 is 1.35 bits per heavy atom. The minimum absolute atomic E-state index is 0.0501. The molecule has 1 fully saturated rings. The highest BCUT2D eigenvalue weighted by Gasteiger charge is 2.29. The van der Waals surface area contributed by atoms with Gasteiger partial charge in [0.05, 0.1) is 6.42 Å². The van der Waals surface area contributed by atoms with Crippen LogP contribution in [0, 0.1) is 0 Å². The van der Waals surface area contributed by atoms with Crippen LogP contribution in [0.25, 0.3) is 0 Å². The number of carbonyl (C=O) groups is 3. The molecular formula is C27H34ClNO8. The third kappa shape index (κ3) is 10.5. The van der Waals surface area contributed by atoms with Crippen LogP contribution in [0.4, 0.5) is 0 Å². The predicted octanol–water partition coefficient (Wildman–Crippen LogP) is 3.09. The number of carboxylic acids is 2. The number of ether oxygens (including phenoxy) is 1. The number of carbonyl (C=O) groups excluding carboxylic acids is 1. The van der Waals surface area contributed by atoms with Crippen LogP contribution in [0.3, 0.4) is 0 Å². The molecule has 2 unspecified atom stereocenters. The number of nitrogens with zero attached hydrogens (tertiary/aromatic N) is 1. The maximum absolute atomic E-state index is 12.2. The lowest BCUT2D eigenvalue weighted by molar-refractivity contribution is -0.165. The van der Waals surface area contributed by atoms with Crippen molar-refractivity contribution in [3.8, 4) is 0 Å². The van der Waals surface area contributed by atoms with Crippen LogP contribution in [-0.2, 0) is 32.1 Å². The predicted molar refractivity (Wildman–Crippen MR) is 137 cm³/mol. The van der Waals surface area contributed by atoms with E-state index in [-0.39, 0.29) is 12.1 Å². The van der Waals surface area contributed by atoms with E-state index >= 15 is 0 Å². The van der Waals surface area contributed by atoms with Gasteiger partial charge >= 0.3 is 17.9 Å². The summed E-state index contributed by atoms with van der Waals surface area (Å²) in [5.74, 6) is -3.11. The Kier molecular flexibility index (Phi) is 12.0. The topological polar surface area (TPSA) is 145 Å². The molecule has 10 heteroatoms. The Labute approximate surface area is 221 Å². The van der Waals surface area contributed by atoms with E-state index in [0.717, 1.165) is 37.8 Å². The first kappa shape index (κ1) is 30.2. The summed E-state index contributed by atoms with van der Waals surface area (Å²) in [7, 11) is 4.17. The number of benzene rings is 2. The molecule has 0 bridgehead atoms. The van der Waals surface area contributed by atoms with Crippen LogP contribution in [0.5, 0.6) is 0 Å². The summed E-state index contributed by atoms with van der Waals surface area (Å²) in [6.07, 6.45) is -0.140. The lowest BCUT2D eigenvalue weighted by Crippen LogP contribution is -2.39. The zero-order valence-corrected chi connectivity index (χ0v) is 21.7. The summed E-state index contributed by atoms with van der Waals surface area (Å²) in [4.78, 5) is 33.9. The van der Waals surface area contributed by atoms with Gasteiger partial charge in [0.2, 0.25) is 0 Å². The van der Waals surface area contributed by atoms with Gasteiger partial charge in [0, 0.05) is 11.6 Å². The van der Waals surface area contributed by atoms with E-state index in [0.29, 0.717) is 17.4 Å². The van der Waals surface area contributed by atoms with Crippen molar-refractivity contribution in [3.63, 3.8) is 0 Å². The van der Waals surface area contributed by atoms with Crippen LogP contribution in [0.15, 0.2) is 48.5 Å². The monoisotopic (exact) mass is 535 g/mol. The second kappa shape index (κ2) is 14.7. The van der Waals surface area contributed by atoms with Gasteiger partial charge < -0.3 is 30.1 Å². The van der Waals surface area contributed by atoms with E-state index in [9.17, 15) is 14.4 Å². The van der Waals surface area contributed by atoms with Gasteiger partial charge in [0.25, 0.3) is 0 Å². The fraction of sp³-hybridized carbons (Fsp3) is 0.444. The van der Waals surface area contributed by atoms with E-state index in [2.05, 4.69) is 43.3 Å². The third-order valence-corrected chi connectivity index (χ3v) is 6.24. The molecule has 202 valence electrons. The van der Waals surface area contributed by atoms with E-state index in [1.54, 1.807) is 12.1 Å². The Hall–Kier alpha value is -2.98. The average molecular weight is 536 g/mol. The molecule has 0 aliphatic heterocycles. The quantitative estimate of drug-likeness (QED) is 0.356. The number of hydrogen-bond acceptors (Lipinski definition) is 7. The molecule has 1 aliphatic carbocycles. The number of halogens is 1. The normalized spacial score (nSPS) is 18.8. The number of rotatable bonds is 9. The van der Waals surface area contributed by atoms with Gasteiger partial charge in [0.1, 0.15) is 6.10 Å². The van der Waals surface area contributed by atoms with Crippen molar-refractivity contribution in [2.75, 3.05) is 14.1 Å². The Bertz CT molecular complexity index is 1000. The molecule has 0 heterocycles. The summed E-state index contributed by atoms with van der Waals surface area (Å²) in [6, 6.07) is 16.3. The van der Waals surface area contributed by atoms with Crippen molar-refractivity contribution in [1.82, 2.24) is 4.90 Å². The molecule has 1 aliphatic rings. The second-order valence-electron chi connectivity index (χ2n) is 9.31. The van der Waals surface area contributed by atoms with Gasteiger partial charge in [-0.05, 0) is 74.5 Å². The van der Waals surface area contributed by atoms with Crippen LogP contribution in [0.2, 0.25) is 5.02 Å². The van der Waals surface area contributed by atoms with Gasteiger partial charge in [-0.15, -0.1) is 0 Å². The van der Waals surface area contributed by atoms with Gasteiger partial charge in [-0.1, -0.05) is 48.0 Å². The third-order valence-electron chi connectivity index (χ3n) is 5.99.